The third-order valence-corrected chi connectivity index (χ3v) is 6.46. The maximum absolute atomic E-state index is 13.8. The SMILES string of the molecule is N#Cc1cc(/C=C/C(c2cc(Cl)c(Cl)c(Cl)c2)C(F)(F)F)ccc1-n1cnc(NC(=O)C2CC2)n1. The number of carbonyl (C=O) groups is 1. The van der Waals surface area contributed by atoms with Gasteiger partial charge in [0.1, 0.15) is 12.4 Å². The minimum Gasteiger partial charge on any atom is -0.293 e. The number of benzene rings is 2. The highest BCUT2D eigenvalue weighted by molar-refractivity contribution is 6.48. The summed E-state index contributed by atoms with van der Waals surface area (Å²) in [6, 6.07) is 8.72. The summed E-state index contributed by atoms with van der Waals surface area (Å²) in [7, 11) is 0. The van der Waals surface area contributed by atoms with Gasteiger partial charge in [-0.25, -0.2) is 4.68 Å². The molecule has 0 spiro atoms. The van der Waals surface area contributed by atoms with E-state index in [0.29, 0.717) is 11.3 Å². The van der Waals surface area contributed by atoms with E-state index in [1.807, 2.05) is 6.07 Å². The molecule has 1 saturated carbocycles. The molecule has 1 atom stereocenters. The maximum Gasteiger partial charge on any atom is 0.399 e. The third kappa shape index (κ3) is 5.78. The van der Waals surface area contributed by atoms with Crippen LogP contribution in [0.1, 0.15) is 35.4 Å². The molecule has 0 saturated heterocycles. The second-order valence-corrected chi connectivity index (χ2v) is 9.03. The van der Waals surface area contributed by atoms with E-state index in [4.69, 9.17) is 34.8 Å². The lowest BCUT2D eigenvalue weighted by atomic mass is 9.96. The first-order chi connectivity index (χ1) is 16.6. The molecule has 4 rings (SSSR count). The molecule has 2 aromatic carbocycles. The van der Waals surface area contributed by atoms with Crippen LogP contribution in [-0.4, -0.2) is 26.8 Å². The molecule has 1 aliphatic carbocycles. The van der Waals surface area contributed by atoms with Crippen molar-refractivity contribution in [2.75, 3.05) is 5.32 Å². The van der Waals surface area contributed by atoms with Crippen LogP contribution in [0.25, 0.3) is 11.8 Å². The van der Waals surface area contributed by atoms with E-state index in [-0.39, 0.29) is 44.0 Å². The molecule has 12 heteroatoms. The summed E-state index contributed by atoms with van der Waals surface area (Å²) in [4.78, 5) is 15.9. The predicted molar refractivity (Wildman–Crippen MR) is 127 cm³/mol. The molecule has 1 aliphatic rings. The lowest BCUT2D eigenvalue weighted by molar-refractivity contribution is -0.139. The Bertz CT molecular complexity index is 1340. The molecule has 1 fully saturated rings. The Morgan fingerprint density at radius 3 is 2.49 bits per heavy atom. The number of rotatable bonds is 6. The van der Waals surface area contributed by atoms with Crippen molar-refractivity contribution in [1.29, 1.82) is 5.26 Å². The molecule has 0 bridgehead atoms. The van der Waals surface area contributed by atoms with E-state index in [2.05, 4.69) is 15.4 Å². The number of alkyl halides is 3. The first-order valence-electron chi connectivity index (χ1n) is 10.2. The lowest BCUT2D eigenvalue weighted by Crippen LogP contribution is -2.19. The van der Waals surface area contributed by atoms with Gasteiger partial charge in [0.2, 0.25) is 11.9 Å². The zero-order chi connectivity index (χ0) is 25.3. The van der Waals surface area contributed by atoms with Gasteiger partial charge in [-0.1, -0.05) is 53.0 Å². The molecule has 1 aromatic heterocycles. The standard InChI is InChI=1S/C23H15Cl3F3N5O/c24-17-8-14(9-18(25)20(17)26)16(23(27,28)29)5-1-12-2-6-19(15(7-12)10-30)34-11-31-22(33-34)32-21(35)13-3-4-13/h1-2,5-9,11,13,16H,3-4H2,(H,32,33,35)/b5-1+. The fourth-order valence-corrected chi connectivity index (χ4v) is 3.93. The van der Waals surface area contributed by atoms with Crippen LogP contribution in [0.5, 0.6) is 0 Å². The van der Waals surface area contributed by atoms with E-state index in [1.54, 1.807) is 0 Å². The number of nitriles is 1. The maximum atomic E-state index is 13.8. The molecule has 1 N–H and O–H groups in total. The van der Waals surface area contributed by atoms with E-state index in [9.17, 15) is 23.2 Å². The van der Waals surface area contributed by atoms with Crippen molar-refractivity contribution in [1.82, 2.24) is 14.8 Å². The lowest BCUT2D eigenvalue weighted by Gasteiger charge is -2.18. The van der Waals surface area contributed by atoms with Crippen molar-refractivity contribution >= 4 is 52.7 Å². The molecule has 3 aromatic rings. The average Bonchev–Trinajstić information content (AvgIpc) is 3.56. The number of nitrogens with one attached hydrogen (secondary N) is 1. The Balaban J connectivity index is 1.59. The van der Waals surface area contributed by atoms with Crippen LogP contribution in [-0.2, 0) is 4.79 Å². The smallest absolute Gasteiger partial charge is 0.293 e. The number of carbonyl (C=O) groups excluding carboxylic acids is 1. The normalized spacial score (nSPS) is 14.7. The summed E-state index contributed by atoms with van der Waals surface area (Å²) in [5, 5.41) is 16.1. The Hall–Kier alpha value is -3.06. The molecule has 35 heavy (non-hydrogen) atoms. The van der Waals surface area contributed by atoms with Crippen molar-refractivity contribution < 1.29 is 18.0 Å². The Morgan fingerprint density at radius 2 is 1.89 bits per heavy atom. The van der Waals surface area contributed by atoms with Crippen molar-refractivity contribution in [2.45, 2.75) is 24.9 Å². The number of nitrogens with zero attached hydrogens (tertiary/aromatic N) is 4. The first kappa shape index (κ1) is 25.0. The second-order valence-electron chi connectivity index (χ2n) is 7.84. The number of aromatic nitrogens is 3. The van der Waals surface area contributed by atoms with Gasteiger partial charge in [-0.3, -0.25) is 10.1 Å². The number of amides is 1. The van der Waals surface area contributed by atoms with Gasteiger partial charge in [-0.05, 0) is 48.2 Å². The monoisotopic (exact) mass is 539 g/mol. The van der Waals surface area contributed by atoms with E-state index < -0.39 is 12.1 Å². The number of halogens is 6. The first-order valence-corrected chi connectivity index (χ1v) is 11.4. The van der Waals surface area contributed by atoms with Gasteiger partial charge in [0.25, 0.3) is 0 Å². The highest BCUT2D eigenvalue weighted by Crippen LogP contribution is 2.41. The summed E-state index contributed by atoms with van der Waals surface area (Å²) in [6.45, 7) is 0. The van der Waals surface area contributed by atoms with Gasteiger partial charge in [-0.15, -0.1) is 5.10 Å². The van der Waals surface area contributed by atoms with Crippen molar-refractivity contribution in [3.63, 3.8) is 0 Å². The number of allylic oxidation sites excluding steroid dienone is 1. The zero-order valence-corrected chi connectivity index (χ0v) is 19.9. The fourth-order valence-electron chi connectivity index (χ4n) is 3.31. The Labute approximate surface area is 212 Å². The molecule has 6 nitrogen and oxygen atoms in total. The number of hydrogen-bond acceptors (Lipinski definition) is 4. The quantitative estimate of drug-likeness (QED) is 0.348. The van der Waals surface area contributed by atoms with Crippen LogP contribution in [0.3, 0.4) is 0 Å². The molecular formula is C23H15Cl3F3N5O. The van der Waals surface area contributed by atoms with Crippen LogP contribution in [0.15, 0.2) is 42.7 Å². The van der Waals surface area contributed by atoms with E-state index in [1.165, 1.54) is 35.3 Å². The van der Waals surface area contributed by atoms with Gasteiger partial charge in [0, 0.05) is 5.92 Å². The van der Waals surface area contributed by atoms with Crippen molar-refractivity contribution in [3.05, 3.63) is 74.5 Å². The van der Waals surface area contributed by atoms with Gasteiger partial charge in [0.05, 0.1) is 32.2 Å². The minimum atomic E-state index is -4.63. The van der Waals surface area contributed by atoms with Crippen LogP contribution in [0.2, 0.25) is 15.1 Å². The van der Waals surface area contributed by atoms with Gasteiger partial charge in [0.15, 0.2) is 0 Å². The minimum absolute atomic E-state index is 0.0249. The zero-order valence-electron chi connectivity index (χ0n) is 17.7. The summed E-state index contributed by atoms with van der Waals surface area (Å²) in [6.07, 6.45) is 0.564. The highest BCUT2D eigenvalue weighted by Gasteiger charge is 2.39. The number of anilines is 1. The van der Waals surface area contributed by atoms with E-state index in [0.717, 1.165) is 31.1 Å². The number of hydrogen-bond donors (Lipinski definition) is 1. The van der Waals surface area contributed by atoms with Gasteiger partial charge < -0.3 is 0 Å². The summed E-state index contributed by atoms with van der Waals surface area (Å²) < 4.78 is 42.6. The van der Waals surface area contributed by atoms with Gasteiger partial charge >= 0.3 is 6.18 Å². The predicted octanol–water partition coefficient (Wildman–Crippen LogP) is 6.81. The van der Waals surface area contributed by atoms with Crippen LogP contribution in [0.4, 0.5) is 19.1 Å². The Morgan fingerprint density at radius 1 is 1.20 bits per heavy atom. The van der Waals surface area contributed by atoms with Crippen LogP contribution in [0, 0.1) is 17.2 Å². The average molecular weight is 541 g/mol. The van der Waals surface area contributed by atoms with Crippen molar-refractivity contribution in [3.8, 4) is 11.8 Å². The summed E-state index contributed by atoms with van der Waals surface area (Å²) in [5.74, 6) is -2.09. The largest absolute Gasteiger partial charge is 0.399 e. The highest BCUT2D eigenvalue weighted by atomic mass is 35.5. The third-order valence-electron chi connectivity index (χ3n) is 5.26. The molecule has 1 amide bonds. The summed E-state index contributed by atoms with van der Waals surface area (Å²) >= 11 is 17.7. The van der Waals surface area contributed by atoms with Crippen molar-refractivity contribution in [2.24, 2.45) is 5.92 Å². The molecule has 0 radical (unpaired) electrons. The topological polar surface area (TPSA) is 83.6 Å². The molecular weight excluding hydrogens is 526 g/mol. The summed E-state index contributed by atoms with van der Waals surface area (Å²) in [5.41, 5.74) is 0.688. The van der Waals surface area contributed by atoms with Gasteiger partial charge in [-0.2, -0.15) is 23.4 Å². The van der Waals surface area contributed by atoms with Crippen LogP contribution >= 0.6 is 34.8 Å². The van der Waals surface area contributed by atoms with E-state index >= 15 is 0 Å². The molecule has 1 heterocycles. The fraction of sp³-hybridized carbons (Fsp3) is 0.217. The molecule has 0 aliphatic heterocycles. The molecule has 180 valence electrons. The second kappa shape index (κ2) is 9.90. The molecule has 1 unspecified atom stereocenters. The Kier molecular flexibility index (Phi) is 7.08. The van der Waals surface area contributed by atoms with Crippen LogP contribution < -0.4 is 5.32 Å².